The van der Waals surface area contributed by atoms with Crippen LogP contribution in [0, 0.1) is 0 Å². The van der Waals surface area contributed by atoms with Crippen molar-refractivity contribution in [3.05, 3.63) is 63.8 Å². The molecule has 2 N–H and O–H groups in total. The molecule has 3 rings (SSSR count). The number of nitrogens with two attached hydrogens (primary N) is 1. The average Bonchev–Trinajstić information content (AvgIpc) is 2.94. The second kappa shape index (κ2) is 5.70. The van der Waals surface area contributed by atoms with Crippen LogP contribution in [0.15, 0.2) is 48.5 Å². The molecule has 0 amide bonds. The molecule has 0 saturated heterocycles. The van der Waals surface area contributed by atoms with E-state index in [0.29, 0.717) is 17.7 Å². The molecule has 2 aromatic carbocycles. The Labute approximate surface area is 128 Å². The van der Waals surface area contributed by atoms with E-state index in [1.54, 1.807) is 11.3 Å². The Morgan fingerprint density at radius 1 is 1.05 bits per heavy atom. The molecule has 106 valence electrons. The summed E-state index contributed by atoms with van der Waals surface area (Å²) in [6.07, 6.45) is 1.43. The maximum Gasteiger partial charge on any atom is 0.170 e. The predicted molar refractivity (Wildman–Crippen MR) is 90.1 cm³/mol. The van der Waals surface area contributed by atoms with E-state index in [2.05, 4.69) is 13.0 Å². The third-order valence-electron chi connectivity index (χ3n) is 3.62. The Kier molecular flexibility index (Phi) is 3.76. The number of anilines is 1. The van der Waals surface area contributed by atoms with Crippen molar-refractivity contribution in [1.82, 2.24) is 0 Å². The largest absolute Gasteiger partial charge is 0.398 e. The van der Waals surface area contributed by atoms with Gasteiger partial charge < -0.3 is 5.73 Å². The third kappa shape index (κ3) is 2.83. The molecule has 21 heavy (non-hydrogen) atoms. The molecule has 0 saturated carbocycles. The van der Waals surface area contributed by atoms with Gasteiger partial charge in [0.2, 0.25) is 0 Å². The molecule has 1 aromatic heterocycles. The number of aryl methyl sites for hydroxylation is 1. The van der Waals surface area contributed by atoms with Crippen LogP contribution in [-0.2, 0) is 12.8 Å². The fourth-order valence-electron chi connectivity index (χ4n) is 2.46. The van der Waals surface area contributed by atoms with E-state index >= 15 is 0 Å². The molecule has 0 atom stereocenters. The van der Waals surface area contributed by atoms with E-state index in [0.717, 1.165) is 22.1 Å². The average molecular weight is 295 g/mol. The first-order valence-electron chi connectivity index (χ1n) is 7.06. The minimum absolute atomic E-state index is 0.0859. The molecule has 0 aliphatic heterocycles. The number of benzene rings is 2. The van der Waals surface area contributed by atoms with Gasteiger partial charge in [0.1, 0.15) is 0 Å². The summed E-state index contributed by atoms with van der Waals surface area (Å²) in [7, 11) is 0. The van der Waals surface area contributed by atoms with Gasteiger partial charge in [0.15, 0.2) is 5.78 Å². The quantitative estimate of drug-likeness (QED) is 0.570. The summed E-state index contributed by atoms with van der Waals surface area (Å²) in [5.74, 6) is 0.0859. The molecular weight excluding hydrogens is 278 g/mol. The Hall–Kier alpha value is -2.13. The van der Waals surface area contributed by atoms with Gasteiger partial charge in [0.25, 0.3) is 0 Å². The SMILES string of the molecule is CCc1ccc(CC(=O)c2cc3ccccc3cc2N)s1. The number of rotatable bonds is 4. The highest BCUT2D eigenvalue weighted by atomic mass is 32.1. The van der Waals surface area contributed by atoms with Crippen molar-refractivity contribution in [2.24, 2.45) is 0 Å². The molecule has 0 fully saturated rings. The molecule has 3 heteroatoms. The van der Waals surface area contributed by atoms with Crippen LogP contribution in [0.2, 0.25) is 0 Å². The first-order valence-corrected chi connectivity index (χ1v) is 7.88. The monoisotopic (exact) mass is 295 g/mol. The zero-order valence-corrected chi connectivity index (χ0v) is 12.7. The lowest BCUT2D eigenvalue weighted by atomic mass is 10.0. The van der Waals surface area contributed by atoms with Crippen molar-refractivity contribution in [2.45, 2.75) is 19.8 Å². The van der Waals surface area contributed by atoms with E-state index in [4.69, 9.17) is 5.73 Å². The van der Waals surface area contributed by atoms with Gasteiger partial charge in [0.05, 0.1) is 0 Å². The van der Waals surface area contributed by atoms with Gasteiger partial charge in [-0.05, 0) is 41.5 Å². The second-order valence-electron chi connectivity index (χ2n) is 5.11. The lowest BCUT2D eigenvalue weighted by molar-refractivity contribution is 0.0995. The summed E-state index contributed by atoms with van der Waals surface area (Å²) in [6.45, 7) is 2.12. The van der Waals surface area contributed by atoms with E-state index in [-0.39, 0.29) is 5.78 Å². The number of ketones is 1. The van der Waals surface area contributed by atoms with Crippen LogP contribution in [0.25, 0.3) is 10.8 Å². The lowest BCUT2D eigenvalue weighted by Crippen LogP contribution is -2.06. The fraction of sp³-hybridized carbons (Fsp3) is 0.167. The van der Waals surface area contributed by atoms with Gasteiger partial charge in [-0.2, -0.15) is 0 Å². The highest BCUT2D eigenvalue weighted by molar-refractivity contribution is 7.12. The van der Waals surface area contributed by atoms with Gasteiger partial charge in [0, 0.05) is 27.4 Å². The van der Waals surface area contributed by atoms with Gasteiger partial charge in [-0.15, -0.1) is 11.3 Å². The van der Waals surface area contributed by atoms with Crippen LogP contribution >= 0.6 is 11.3 Å². The number of carbonyl (C=O) groups is 1. The first kappa shape index (κ1) is 13.8. The number of fused-ring (bicyclic) bond motifs is 1. The highest BCUT2D eigenvalue weighted by Gasteiger charge is 2.13. The number of Topliss-reactive ketones (excluding diaryl/α,β-unsaturated/α-hetero) is 1. The smallest absolute Gasteiger partial charge is 0.170 e. The molecule has 0 bridgehead atoms. The highest BCUT2D eigenvalue weighted by Crippen LogP contribution is 2.25. The maximum atomic E-state index is 12.5. The Bertz CT molecular complexity index is 804. The molecule has 0 aliphatic carbocycles. The number of thiophene rings is 1. The van der Waals surface area contributed by atoms with Crippen molar-refractivity contribution in [3.63, 3.8) is 0 Å². The normalized spacial score (nSPS) is 10.9. The molecule has 0 unspecified atom stereocenters. The molecule has 0 radical (unpaired) electrons. The first-order chi connectivity index (χ1) is 10.2. The maximum absolute atomic E-state index is 12.5. The van der Waals surface area contributed by atoms with Crippen LogP contribution in [0.1, 0.15) is 27.0 Å². The Morgan fingerprint density at radius 3 is 2.38 bits per heavy atom. The van der Waals surface area contributed by atoms with Crippen molar-refractivity contribution < 1.29 is 4.79 Å². The molecule has 1 heterocycles. The Balaban J connectivity index is 1.91. The second-order valence-corrected chi connectivity index (χ2v) is 6.36. The van der Waals surface area contributed by atoms with Crippen molar-refractivity contribution in [3.8, 4) is 0 Å². The summed E-state index contributed by atoms with van der Waals surface area (Å²) in [6, 6.07) is 15.9. The third-order valence-corrected chi connectivity index (χ3v) is 4.85. The van der Waals surface area contributed by atoms with Crippen molar-refractivity contribution >= 4 is 33.6 Å². The number of carbonyl (C=O) groups excluding carboxylic acids is 1. The van der Waals surface area contributed by atoms with Crippen LogP contribution in [0.3, 0.4) is 0 Å². The molecule has 3 aromatic rings. The zero-order valence-electron chi connectivity index (χ0n) is 11.9. The van der Waals surface area contributed by atoms with E-state index in [1.807, 2.05) is 42.5 Å². The molecule has 0 aliphatic rings. The Morgan fingerprint density at radius 2 is 1.71 bits per heavy atom. The van der Waals surface area contributed by atoms with Crippen molar-refractivity contribution in [1.29, 1.82) is 0 Å². The molecule has 0 spiro atoms. The van der Waals surface area contributed by atoms with Gasteiger partial charge in [-0.1, -0.05) is 31.2 Å². The van der Waals surface area contributed by atoms with E-state index < -0.39 is 0 Å². The summed E-state index contributed by atoms with van der Waals surface area (Å²) in [5.41, 5.74) is 7.24. The fourth-order valence-corrected chi connectivity index (χ4v) is 3.42. The van der Waals surface area contributed by atoms with Crippen LogP contribution in [-0.4, -0.2) is 5.78 Å². The van der Waals surface area contributed by atoms with E-state index in [9.17, 15) is 4.79 Å². The minimum Gasteiger partial charge on any atom is -0.398 e. The van der Waals surface area contributed by atoms with Crippen LogP contribution in [0.4, 0.5) is 5.69 Å². The van der Waals surface area contributed by atoms with Crippen LogP contribution in [0.5, 0.6) is 0 Å². The topological polar surface area (TPSA) is 43.1 Å². The van der Waals surface area contributed by atoms with Crippen LogP contribution < -0.4 is 5.73 Å². The van der Waals surface area contributed by atoms with E-state index in [1.165, 1.54) is 4.88 Å². The summed E-state index contributed by atoms with van der Waals surface area (Å²) in [4.78, 5) is 14.9. The van der Waals surface area contributed by atoms with Gasteiger partial charge in [-0.3, -0.25) is 4.79 Å². The standard InChI is InChI=1S/C18H17NOS/c1-2-14-7-8-15(21-14)11-18(20)16-9-12-5-3-4-6-13(12)10-17(16)19/h3-10H,2,11,19H2,1H3. The molecular formula is C18H17NOS. The summed E-state index contributed by atoms with van der Waals surface area (Å²) < 4.78 is 0. The number of nitrogen functional groups attached to an aromatic ring is 1. The summed E-state index contributed by atoms with van der Waals surface area (Å²) in [5, 5.41) is 2.12. The summed E-state index contributed by atoms with van der Waals surface area (Å²) >= 11 is 1.70. The lowest BCUT2D eigenvalue weighted by Gasteiger charge is -2.07. The van der Waals surface area contributed by atoms with Crippen molar-refractivity contribution in [2.75, 3.05) is 5.73 Å². The van der Waals surface area contributed by atoms with Gasteiger partial charge >= 0.3 is 0 Å². The van der Waals surface area contributed by atoms with Gasteiger partial charge in [-0.25, -0.2) is 0 Å². The molecule has 2 nitrogen and oxygen atoms in total. The number of hydrogen-bond acceptors (Lipinski definition) is 3. The minimum atomic E-state index is 0.0859. The predicted octanol–water partition coefficient (Wildman–Crippen LogP) is 4.47. The number of hydrogen-bond donors (Lipinski definition) is 1. The zero-order chi connectivity index (χ0) is 14.8.